The molecule has 1 aliphatic heterocycles. The third-order valence-corrected chi connectivity index (χ3v) is 4.10. The van der Waals surface area contributed by atoms with Crippen LogP contribution < -0.4 is 9.47 Å². The molecule has 0 aliphatic carbocycles. The van der Waals surface area contributed by atoms with E-state index in [2.05, 4.69) is 27.6 Å². The molecule has 0 amide bonds. The Morgan fingerprint density at radius 3 is 2.40 bits per heavy atom. The van der Waals surface area contributed by atoms with Gasteiger partial charge in [-0.05, 0) is 17.7 Å². The van der Waals surface area contributed by atoms with Gasteiger partial charge in [-0.1, -0.05) is 22.6 Å². The predicted octanol–water partition coefficient (Wildman–Crippen LogP) is 1.41. The van der Waals surface area contributed by atoms with Crippen molar-refractivity contribution in [1.82, 2.24) is 0 Å². The number of halogens is 1. The Morgan fingerprint density at radius 1 is 1.25 bits per heavy atom. The van der Waals surface area contributed by atoms with E-state index < -0.39 is 0 Å². The van der Waals surface area contributed by atoms with Crippen LogP contribution in [-0.2, 0) is 6.42 Å². The Morgan fingerprint density at radius 2 is 1.85 bits per heavy atom. The van der Waals surface area contributed by atoms with Crippen LogP contribution in [0.3, 0.4) is 0 Å². The molecule has 2 rings (SSSR count). The Balaban J connectivity index is 2.54. The second-order valence-electron chi connectivity index (χ2n) is 4.58. The van der Waals surface area contributed by atoms with Gasteiger partial charge in [0.15, 0.2) is 11.5 Å². The summed E-state index contributed by atoms with van der Waals surface area (Å²) in [6.45, 7) is -0.265. The molecule has 6 heteroatoms. The summed E-state index contributed by atoms with van der Waals surface area (Å²) < 4.78 is 10.7. The molecule has 1 aromatic rings. The van der Waals surface area contributed by atoms with Crippen molar-refractivity contribution < 1.29 is 19.7 Å². The van der Waals surface area contributed by atoms with E-state index in [1.54, 1.807) is 14.2 Å². The number of aliphatic hydroxyl groups is 2. The summed E-state index contributed by atoms with van der Waals surface area (Å²) in [5.41, 5.74) is 2.75. The molecule has 0 saturated carbocycles. The number of hydrogen-bond donors (Lipinski definition) is 2. The lowest BCUT2D eigenvalue weighted by molar-refractivity contribution is 0.187. The minimum atomic E-state index is -0.371. The summed E-state index contributed by atoms with van der Waals surface area (Å²) in [6.07, 6.45) is 0.795. The maximum Gasteiger partial charge on any atom is 0.161 e. The molecule has 0 aromatic heterocycles. The standard InChI is InChI=1S/C14H18INO4/c1-19-11-3-8-4-13(15)16-14(9(6-17)7-18)10(8)5-12(11)20-2/h3,5,9,13,17-18H,4,6-7H2,1-2H3. The highest BCUT2D eigenvalue weighted by atomic mass is 127. The highest BCUT2D eigenvalue weighted by Gasteiger charge is 2.26. The highest BCUT2D eigenvalue weighted by Crippen LogP contribution is 2.35. The zero-order valence-electron chi connectivity index (χ0n) is 11.5. The van der Waals surface area contributed by atoms with Gasteiger partial charge in [0, 0.05) is 17.9 Å². The van der Waals surface area contributed by atoms with Crippen molar-refractivity contribution in [2.45, 2.75) is 10.5 Å². The van der Waals surface area contributed by atoms with Gasteiger partial charge in [0.2, 0.25) is 0 Å². The molecule has 1 aromatic carbocycles. The van der Waals surface area contributed by atoms with Gasteiger partial charge in [-0.3, -0.25) is 4.99 Å². The zero-order valence-corrected chi connectivity index (χ0v) is 13.6. The van der Waals surface area contributed by atoms with Crippen LogP contribution >= 0.6 is 22.6 Å². The number of benzene rings is 1. The number of alkyl halides is 1. The van der Waals surface area contributed by atoms with Crippen LogP contribution in [0.25, 0.3) is 0 Å². The monoisotopic (exact) mass is 391 g/mol. The van der Waals surface area contributed by atoms with E-state index in [4.69, 9.17) is 9.47 Å². The van der Waals surface area contributed by atoms with E-state index in [0.717, 1.165) is 23.3 Å². The number of nitrogens with zero attached hydrogens (tertiary/aromatic N) is 1. The van der Waals surface area contributed by atoms with Gasteiger partial charge in [-0.15, -0.1) is 0 Å². The smallest absolute Gasteiger partial charge is 0.161 e. The van der Waals surface area contributed by atoms with Gasteiger partial charge < -0.3 is 19.7 Å². The number of aliphatic hydroxyl groups excluding tert-OH is 2. The molecule has 1 atom stereocenters. The number of rotatable bonds is 5. The van der Waals surface area contributed by atoms with E-state index in [1.807, 2.05) is 12.1 Å². The second kappa shape index (κ2) is 6.73. The van der Waals surface area contributed by atoms with Gasteiger partial charge in [0.1, 0.15) is 4.05 Å². The molecular formula is C14H18INO4. The predicted molar refractivity (Wildman–Crippen MR) is 85.3 cm³/mol. The number of ether oxygens (including phenoxy) is 2. The lowest BCUT2D eigenvalue weighted by Gasteiger charge is -2.25. The fraction of sp³-hybridized carbons (Fsp3) is 0.500. The van der Waals surface area contributed by atoms with Crippen LogP contribution in [0.5, 0.6) is 11.5 Å². The third kappa shape index (κ3) is 2.91. The first-order valence-corrected chi connectivity index (χ1v) is 7.57. The minimum Gasteiger partial charge on any atom is -0.493 e. The SMILES string of the molecule is COc1cc2c(cc1OC)C(C(CO)CO)=NC(I)C2. The Labute approximate surface area is 131 Å². The molecule has 5 nitrogen and oxygen atoms in total. The summed E-state index contributed by atoms with van der Waals surface area (Å²) in [7, 11) is 3.19. The largest absolute Gasteiger partial charge is 0.493 e. The molecular weight excluding hydrogens is 373 g/mol. The first kappa shape index (κ1) is 15.5. The van der Waals surface area contributed by atoms with Gasteiger partial charge in [-0.2, -0.15) is 0 Å². The van der Waals surface area contributed by atoms with Crippen molar-refractivity contribution in [3.63, 3.8) is 0 Å². The number of hydrogen-bond acceptors (Lipinski definition) is 5. The van der Waals surface area contributed by atoms with E-state index >= 15 is 0 Å². The van der Waals surface area contributed by atoms with Crippen molar-refractivity contribution in [2.24, 2.45) is 10.9 Å². The van der Waals surface area contributed by atoms with Crippen LogP contribution in [0.2, 0.25) is 0 Å². The molecule has 20 heavy (non-hydrogen) atoms. The molecule has 0 radical (unpaired) electrons. The van der Waals surface area contributed by atoms with Crippen molar-refractivity contribution in [3.05, 3.63) is 23.3 Å². The molecule has 0 bridgehead atoms. The average molecular weight is 391 g/mol. The molecule has 1 heterocycles. The van der Waals surface area contributed by atoms with Crippen LogP contribution in [0.15, 0.2) is 17.1 Å². The first-order valence-electron chi connectivity index (χ1n) is 6.33. The van der Waals surface area contributed by atoms with Crippen LogP contribution in [0.1, 0.15) is 11.1 Å². The Bertz CT molecular complexity index is 514. The van der Waals surface area contributed by atoms with Crippen molar-refractivity contribution >= 4 is 28.3 Å². The first-order chi connectivity index (χ1) is 9.64. The number of fused-ring (bicyclic) bond motifs is 1. The fourth-order valence-corrected chi connectivity index (χ4v) is 3.11. The second-order valence-corrected chi connectivity index (χ2v) is 6.02. The average Bonchev–Trinajstić information content (AvgIpc) is 2.46. The fourth-order valence-electron chi connectivity index (χ4n) is 2.33. The lowest BCUT2D eigenvalue weighted by Crippen LogP contribution is -2.29. The van der Waals surface area contributed by atoms with Crippen LogP contribution in [-0.4, -0.2) is 47.4 Å². The van der Waals surface area contributed by atoms with Crippen LogP contribution in [0, 0.1) is 5.92 Å². The number of methoxy groups -OCH3 is 2. The summed E-state index contributed by atoms with van der Waals surface area (Å²) in [5, 5.41) is 18.8. The normalized spacial score (nSPS) is 17.7. The van der Waals surface area contributed by atoms with Crippen molar-refractivity contribution in [1.29, 1.82) is 0 Å². The summed E-state index contributed by atoms with van der Waals surface area (Å²) in [6, 6.07) is 3.81. The van der Waals surface area contributed by atoms with Gasteiger partial charge in [0.25, 0.3) is 0 Å². The molecule has 2 N–H and O–H groups in total. The lowest BCUT2D eigenvalue weighted by atomic mass is 9.90. The Kier molecular flexibility index (Phi) is 5.22. The van der Waals surface area contributed by atoms with Crippen molar-refractivity contribution in [2.75, 3.05) is 27.4 Å². The summed E-state index contributed by atoms with van der Waals surface area (Å²) in [4.78, 5) is 4.58. The zero-order chi connectivity index (χ0) is 14.7. The molecule has 110 valence electrons. The van der Waals surface area contributed by atoms with Gasteiger partial charge in [0.05, 0.1) is 33.1 Å². The van der Waals surface area contributed by atoms with Gasteiger partial charge >= 0.3 is 0 Å². The molecule has 0 saturated heterocycles. The quantitative estimate of drug-likeness (QED) is 0.453. The van der Waals surface area contributed by atoms with E-state index in [-0.39, 0.29) is 23.2 Å². The minimum absolute atomic E-state index is 0.0915. The van der Waals surface area contributed by atoms with Crippen molar-refractivity contribution in [3.8, 4) is 11.5 Å². The number of aliphatic imine (C=N–C) groups is 1. The summed E-state index contributed by atoms with van der Waals surface area (Å²) >= 11 is 2.25. The molecule has 1 aliphatic rings. The molecule has 1 unspecified atom stereocenters. The Hall–Kier alpha value is -0.860. The van der Waals surface area contributed by atoms with E-state index in [1.165, 1.54) is 0 Å². The maximum atomic E-state index is 9.42. The van der Waals surface area contributed by atoms with Crippen LogP contribution in [0.4, 0.5) is 0 Å². The topological polar surface area (TPSA) is 71.3 Å². The molecule has 0 spiro atoms. The maximum absolute atomic E-state index is 9.42. The molecule has 0 fully saturated rings. The van der Waals surface area contributed by atoms with E-state index in [0.29, 0.717) is 11.5 Å². The van der Waals surface area contributed by atoms with Gasteiger partial charge in [-0.25, -0.2) is 0 Å². The third-order valence-electron chi connectivity index (χ3n) is 3.38. The highest BCUT2D eigenvalue weighted by molar-refractivity contribution is 14.1. The summed E-state index contributed by atoms with van der Waals surface area (Å²) in [5.74, 6) is 0.936. The van der Waals surface area contributed by atoms with E-state index in [9.17, 15) is 10.2 Å².